The summed E-state index contributed by atoms with van der Waals surface area (Å²) in [7, 11) is 2.86. The number of carboxylic acids is 1. The van der Waals surface area contributed by atoms with E-state index in [0.29, 0.717) is 59.7 Å². The highest BCUT2D eigenvalue weighted by molar-refractivity contribution is 5.97. The van der Waals surface area contributed by atoms with Gasteiger partial charge in [-0.15, -0.1) is 0 Å². The van der Waals surface area contributed by atoms with E-state index >= 15 is 0 Å². The second-order valence-corrected chi connectivity index (χ2v) is 10.7. The molecule has 0 bridgehead atoms. The predicted octanol–water partition coefficient (Wildman–Crippen LogP) is 3.84. The number of carboxylic acid groups (broad SMARTS) is 1. The molecule has 1 aliphatic heterocycles. The number of nitrogens with zero attached hydrogens (tertiary/aromatic N) is 2. The quantitative estimate of drug-likeness (QED) is 0.304. The third-order valence-corrected chi connectivity index (χ3v) is 7.84. The Bertz CT molecular complexity index is 1760. The number of amides is 1. The summed E-state index contributed by atoms with van der Waals surface area (Å²) in [5.41, 5.74) is -0.775. The highest BCUT2D eigenvalue weighted by Crippen LogP contribution is 2.38. The van der Waals surface area contributed by atoms with Crippen LogP contribution in [-0.2, 0) is 31.7 Å². The molecule has 2 heterocycles. The Balaban J connectivity index is 1.66. The maximum absolute atomic E-state index is 14.8. The number of carbonyl (C=O) groups excluding carboxylic acids is 1. The molecule has 2 aromatic carbocycles. The monoisotopic (exact) mass is 638 g/mol. The van der Waals surface area contributed by atoms with Crippen LogP contribution in [0, 0.1) is 18.6 Å². The number of fused-ring (bicyclic) bond motifs is 1. The Kier molecular flexibility index (Phi) is 9.40. The molecule has 45 heavy (non-hydrogen) atoms. The fourth-order valence-electron chi connectivity index (χ4n) is 5.31. The van der Waals surface area contributed by atoms with Gasteiger partial charge in [0.15, 0.2) is 0 Å². The summed E-state index contributed by atoms with van der Waals surface area (Å²) in [5, 5.41) is 14.0. The number of benzene rings is 2. The largest absolute Gasteiger partial charge is 0.493 e. The first kappa shape index (κ1) is 33.2. The van der Waals surface area contributed by atoms with Gasteiger partial charge in [-0.3, -0.25) is 14.2 Å². The molecule has 15 heteroatoms. The van der Waals surface area contributed by atoms with Crippen molar-refractivity contribution >= 4 is 17.6 Å². The average Bonchev–Trinajstić information content (AvgIpc) is 2.97. The minimum atomic E-state index is -4.69. The van der Waals surface area contributed by atoms with Crippen LogP contribution in [0.2, 0.25) is 0 Å². The molecule has 0 aliphatic carbocycles. The van der Waals surface area contributed by atoms with Crippen LogP contribution in [0.3, 0.4) is 0 Å². The maximum Gasteiger partial charge on any atom is 0.408 e. The lowest BCUT2D eigenvalue weighted by Crippen LogP contribution is -2.43. The number of anilines is 1. The second-order valence-electron chi connectivity index (χ2n) is 10.7. The zero-order valence-electron chi connectivity index (χ0n) is 24.8. The fourth-order valence-corrected chi connectivity index (χ4v) is 5.31. The van der Waals surface area contributed by atoms with E-state index in [0.717, 1.165) is 4.57 Å². The van der Waals surface area contributed by atoms with E-state index < -0.39 is 70.7 Å². The first-order valence-electron chi connectivity index (χ1n) is 14.0. The van der Waals surface area contributed by atoms with E-state index in [2.05, 4.69) is 5.32 Å². The van der Waals surface area contributed by atoms with Crippen molar-refractivity contribution in [3.63, 3.8) is 0 Å². The number of nitrogens with one attached hydrogen (secondary N) is 2. The molecular weight excluding hydrogens is 607 g/mol. The third kappa shape index (κ3) is 6.56. The molecule has 0 saturated heterocycles. The zero-order valence-corrected chi connectivity index (χ0v) is 24.8. The molecule has 10 nitrogen and oxygen atoms in total. The molecule has 3 N–H and O–H groups in total. The molecule has 0 spiro atoms. The molecule has 1 aliphatic rings. The molecule has 0 saturated carbocycles. The number of aromatic nitrogens is 2. The van der Waals surface area contributed by atoms with Crippen LogP contribution in [-0.4, -0.2) is 51.0 Å². The van der Waals surface area contributed by atoms with Crippen LogP contribution >= 0.6 is 0 Å². The molecule has 1 aromatic heterocycles. The smallest absolute Gasteiger partial charge is 0.408 e. The lowest BCUT2D eigenvalue weighted by Gasteiger charge is -2.25. The molecule has 0 fully saturated rings. The first-order valence-corrected chi connectivity index (χ1v) is 14.0. The van der Waals surface area contributed by atoms with E-state index in [1.165, 1.54) is 25.6 Å². The highest BCUT2D eigenvalue weighted by Gasteiger charge is 2.38. The summed E-state index contributed by atoms with van der Waals surface area (Å²) in [4.78, 5) is 50.5. The van der Waals surface area contributed by atoms with E-state index in [-0.39, 0.29) is 12.0 Å². The fraction of sp³-hybridized carbons (Fsp3) is 0.400. The molecule has 3 aromatic rings. The Hall–Kier alpha value is -4.69. The number of aliphatic carboxylic acids is 1. The molecular formula is C30H31F5N4O6. The van der Waals surface area contributed by atoms with Crippen molar-refractivity contribution in [1.82, 2.24) is 14.5 Å². The normalized spacial score (nSPS) is 14.2. The summed E-state index contributed by atoms with van der Waals surface area (Å²) < 4.78 is 77.2. The van der Waals surface area contributed by atoms with Gasteiger partial charge in [-0.2, -0.15) is 13.2 Å². The van der Waals surface area contributed by atoms with Gasteiger partial charge in [0.1, 0.15) is 35.0 Å². The number of hydrogen-bond donors (Lipinski definition) is 3. The van der Waals surface area contributed by atoms with Crippen molar-refractivity contribution < 1.29 is 41.4 Å². The van der Waals surface area contributed by atoms with Gasteiger partial charge in [0.05, 0.1) is 12.2 Å². The second kappa shape index (κ2) is 12.7. The standard InChI is InChI=1S/C30H31F5N4O6/c1-5-22(30(33,34)35)36-16-12-19(31)24(20(32)13-16)26(40)37-21(28(42)43)11-15-8-9-18(25-17(15)7-6-10-45-25)23-14(2)38(3)29(44)39(4)27(23)41/h8-9,12-13,21-22,36H,5-7,10-11H2,1-4H3,(H,37,40)(H,42,43)/t21-,22+/m0/s1. The SMILES string of the molecule is CC[C@@H](Nc1cc(F)c(C(=O)N[C@@H](Cc2ccc(-c3c(C)n(C)c(=O)n(C)c3=O)c3c2CCCO3)C(=O)O)c(F)c1)C(F)(F)F. The van der Waals surface area contributed by atoms with Crippen molar-refractivity contribution in [2.24, 2.45) is 14.1 Å². The van der Waals surface area contributed by atoms with Crippen molar-refractivity contribution in [2.75, 3.05) is 11.9 Å². The molecule has 2 atom stereocenters. The van der Waals surface area contributed by atoms with Crippen LogP contribution in [0.5, 0.6) is 5.75 Å². The number of alkyl halides is 3. The third-order valence-electron chi connectivity index (χ3n) is 7.84. The first-order chi connectivity index (χ1) is 21.1. The summed E-state index contributed by atoms with van der Waals surface area (Å²) in [5.74, 6) is -5.59. The van der Waals surface area contributed by atoms with Crippen LogP contribution in [0.4, 0.5) is 27.6 Å². The van der Waals surface area contributed by atoms with Crippen LogP contribution in [0.1, 0.15) is 46.9 Å². The van der Waals surface area contributed by atoms with Crippen LogP contribution in [0.15, 0.2) is 33.9 Å². The number of ether oxygens (including phenoxy) is 1. The predicted molar refractivity (Wildman–Crippen MR) is 154 cm³/mol. The van der Waals surface area contributed by atoms with Crippen LogP contribution in [0.25, 0.3) is 11.1 Å². The van der Waals surface area contributed by atoms with Gasteiger partial charge >= 0.3 is 17.8 Å². The van der Waals surface area contributed by atoms with E-state index in [1.807, 2.05) is 5.32 Å². The number of rotatable bonds is 9. The van der Waals surface area contributed by atoms with E-state index in [9.17, 15) is 46.2 Å². The number of carbonyl (C=O) groups is 2. The van der Waals surface area contributed by atoms with Crippen molar-refractivity contribution in [2.45, 2.75) is 57.8 Å². The van der Waals surface area contributed by atoms with Crippen LogP contribution < -0.4 is 26.6 Å². The van der Waals surface area contributed by atoms with Gasteiger partial charge in [0, 0.05) is 37.5 Å². The molecule has 242 valence electrons. The highest BCUT2D eigenvalue weighted by atomic mass is 19.4. The van der Waals surface area contributed by atoms with Gasteiger partial charge in [0.2, 0.25) is 0 Å². The van der Waals surface area contributed by atoms with Crippen molar-refractivity contribution in [3.8, 4) is 16.9 Å². The number of halogens is 5. The van der Waals surface area contributed by atoms with Gasteiger partial charge in [-0.25, -0.2) is 18.4 Å². The summed E-state index contributed by atoms with van der Waals surface area (Å²) in [6.07, 6.45) is -4.46. The van der Waals surface area contributed by atoms with Gasteiger partial charge in [-0.1, -0.05) is 19.1 Å². The molecule has 0 radical (unpaired) electrons. The molecule has 4 rings (SSSR count). The Morgan fingerprint density at radius 1 is 1.09 bits per heavy atom. The molecule has 0 unspecified atom stereocenters. The van der Waals surface area contributed by atoms with Gasteiger partial charge < -0.3 is 25.0 Å². The minimum Gasteiger partial charge on any atom is -0.493 e. The lowest BCUT2D eigenvalue weighted by atomic mass is 9.90. The molecule has 1 amide bonds. The summed E-state index contributed by atoms with van der Waals surface area (Å²) in [6, 6.07) is 0.397. The Labute approximate surface area is 253 Å². The van der Waals surface area contributed by atoms with E-state index in [4.69, 9.17) is 4.74 Å². The van der Waals surface area contributed by atoms with E-state index in [1.54, 1.807) is 19.1 Å². The Morgan fingerprint density at radius 2 is 1.73 bits per heavy atom. The Morgan fingerprint density at radius 3 is 2.31 bits per heavy atom. The maximum atomic E-state index is 14.8. The summed E-state index contributed by atoms with van der Waals surface area (Å²) in [6.45, 7) is 3.14. The lowest BCUT2D eigenvalue weighted by molar-refractivity contribution is -0.143. The van der Waals surface area contributed by atoms with Gasteiger partial charge in [-0.05, 0) is 49.4 Å². The van der Waals surface area contributed by atoms with Gasteiger partial charge in [0.25, 0.3) is 11.5 Å². The topological polar surface area (TPSA) is 132 Å². The van der Waals surface area contributed by atoms with Crippen molar-refractivity contribution in [1.29, 1.82) is 0 Å². The number of hydrogen-bond acceptors (Lipinski definition) is 6. The average molecular weight is 639 g/mol. The minimum absolute atomic E-state index is 0.219. The summed E-state index contributed by atoms with van der Waals surface area (Å²) >= 11 is 0. The van der Waals surface area contributed by atoms with Crippen molar-refractivity contribution in [3.05, 3.63) is 79.1 Å². The zero-order chi connectivity index (χ0) is 33.4.